The van der Waals surface area contributed by atoms with Crippen LogP contribution >= 0.6 is 0 Å². The Kier molecular flexibility index (Phi) is 6.23. The van der Waals surface area contributed by atoms with Crippen LogP contribution in [0.15, 0.2) is 78.9 Å². The molecule has 0 saturated carbocycles. The Labute approximate surface area is 160 Å². The minimum atomic E-state index is -0.0625. The van der Waals surface area contributed by atoms with Crippen molar-refractivity contribution in [1.82, 2.24) is 0 Å². The number of rotatable bonds is 7. The van der Waals surface area contributed by atoms with E-state index in [0.29, 0.717) is 18.0 Å². The highest BCUT2D eigenvalue weighted by molar-refractivity contribution is 5.92. The van der Waals surface area contributed by atoms with Crippen molar-refractivity contribution in [3.63, 3.8) is 0 Å². The van der Waals surface area contributed by atoms with Crippen molar-refractivity contribution in [3.05, 3.63) is 95.6 Å². The molecule has 1 atom stereocenters. The molecular formula is C23H25N2O2+. The molecule has 0 saturated heterocycles. The third-order valence-corrected chi connectivity index (χ3v) is 4.52. The first kappa shape index (κ1) is 18.7. The van der Waals surface area contributed by atoms with Gasteiger partial charge in [-0.25, -0.2) is 0 Å². The van der Waals surface area contributed by atoms with Gasteiger partial charge in [-0.1, -0.05) is 72.3 Å². The third kappa shape index (κ3) is 4.96. The molecule has 0 aliphatic carbocycles. The van der Waals surface area contributed by atoms with E-state index in [-0.39, 0.29) is 11.9 Å². The highest BCUT2D eigenvalue weighted by atomic mass is 16.5. The SMILES string of the molecule is COc1ccccc1NC(=O)C[NH2+][C@@H](c1ccccc1)c1ccc(C)cc1. The van der Waals surface area contributed by atoms with Crippen LogP contribution in [0.4, 0.5) is 5.69 Å². The fourth-order valence-corrected chi connectivity index (χ4v) is 3.07. The van der Waals surface area contributed by atoms with Crippen molar-refractivity contribution in [1.29, 1.82) is 0 Å². The van der Waals surface area contributed by atoms with E-state index in [9.17, 15) is 4.79 Å². The van der Waals surface area contributed by atoms with Crippen molar-refractivity contribution in [3.8, 4) is 5.75 Å². The van der Waals surface area contributed by atoms with Crippen LogP contribution in [0.1, 0.15) is 22.7 Å². The summed E-state index contributed by atoms with van der Waals surface area (Å²) in [4.78, 5) is 12.5. The number of nitrogens with two attached hydrogens (primary N) is 1. The van der Waals surface area contributed by atoms with E-state index < -0.39 is 0 Å². The van der Waals surface area contributed by atoms with Gasteiger partial charge in [-0.2, -0.15) is 0 Å². The Morgan fingerprint density at radius 2 is 1.56 bits per heavy atom. The Morgan fingerprint density at radius 3 is 2.26 bits per heavy atom. The van der Waals surface area contributed by atoms with Gasteiger partial charge in [0.05, 0.1) is 12.8 Å². The summed E-state index contributed by atoms with van der Waals surface area (Å²) in [5.74, 6) is 0.594. The van der Waals surface area contributed by atoms with Gasteiger partial charge in [0.15, 0.2) is 6.54 Å². The fourth-order valence-electron chi connectivity index (χ4n) is 3.07. The largest absolute Gasteiger partial charge is 0.495 e. The molecule has 0 aliphatic rings. The summed E-state index contributed by atoms with van der Waals surface area (Å²) < 4.78 is 5.30. The molecule has 1 amide bonds. The second-order valence-corrected chi connectivity index (χ2v) is 6.49. The van der Waals surface area contributed by atoms with Crippen LogP contribution in [-0.4, -0.2) is 19.6 Å². The molecule has 0 aliphatic heterocycles. The summed E-state index contributed by atoms with van der Waals surface area (Å²) >= 11 is 0. The molecule has 4 heteroatoms. The topological polar surface area (TPSA) is 54.9 Å². The molecule has 0 unspecified atom stereocenters. The van der Waals surface area contributed by atoms with Gasteiger partial charge in [-0.3, -0.25) is 4.79 Å². The van der Waals surface area contributed by atoms with E-state index in [1.54, 1.807) is 7.11 Å². The maximum absolute atomic E-state index is 12.5. The lowest BCUT2D eigenvalue weighted by Gasteiger charge is -2.17. The Balaban J connectivity index is 1.73. The van der Waals surface area contributed by atoms with Gasteiger partial charge in [0.25, 0.3) is 5.91 Å². The van der Waals surface area contributed by atoms with Gasteiger partial charge in [-0.05, 0) is 19.1 Å². The number of hydrogen-bond acceptors (Lipinski definition) is 2. The molecule has 3 rings (SSSR count). The molecule has 0 aromatic heterocycles. The maximum Gasteiger partial charge on any atom is 0.279 e. The summed E-state index contributed by atoms with van der Waals surface area (Å²) in [5, 5.41) is 4.99. The Bertz CT molecular complexity index is 876. The molecule has 27 heavy (non-hydrogen) atoms. The van der Waals surface area contributed by atoms with E-state index in [1.807, 2.05) is 42.5 Å². The number of quaternary nitrogens is 1. The number of ether oxygens (including phenoxy) is 1. The molecule has 0 fully saturated rings. The number of nitrogens with one attached hydrogen (secondary N) is 1. The number of carbonyl (C=O) groups excluding carboxylic acids is 1. The summed E-state index contributed by atoms with van der Waals surface area (Å²) in [5.41, 5.74) is 4.26. The van der Waals surface area contributed by atoms with Gasteiger partial charge in [0.1, 0.15) is 11.8 Å². The molecule has 0 heterocycles. The highest BCUT2D eigenvalue weighted by Gasteiger charge is 2.19. The number of benzene rings is 3. The Morgan fingerprint density at radius 1 is 0.926 bits per heavy atom. The second kappa shape index (κ2) is 9.01. The predicted molar refractivity (Wildman–Crippen MR) is 108 cm³/mol. The van der Waals surface area contributed by atoms with E-state index in [4.69, 9.17) is 4.74 Å². The average Bonchev–Trinajstić information content (AvgIpc) is 2.70. The Hall–Kier alpha value is -3.11. The van der Waals surface area contributed by atoms with Gasteiger partial charge >= 0.3 is 0 Å². The van der Waals surface area contributed by atoms with Crippen LogP contribution < -0.4 is 15.4 Å². The molecule has 0 radical (unpaired) electrons. The molecule has 3 aromatic rings. The van der Waals surface area contributed by atoms with Crippen molar-refractivity contribution >= 4 is 11.6 Å². The van der Waals surface area contributed by atoms with Gasteiger partial charge in [0.2, 0.25) is 0 Å². The number of methoxy groups -OCH3 is 1. The second-order valence-electron chi connectivity index (χ2n) is 6.49. The highest BCUT2D eigenvalue weighted by Crippen LogP contribution is 2.23. The van der Waals surface area contributed by atoms with Gasteiger partial charge < -0.3 is 15.4 Å². The zero-order valence-corrected chi connectivity index (χ0v) is 15.7. The van der Waals surface area contributed by atoms with Crippen molar-refractivity contribution < 1.29 is 14.8 Å². The lowest BCUT2D eigenvalue weighted by molar-refractivity contribution is -0.676. The minimum Gasteiger partial charge on any atom is -0.495 e. The van der Waals surface area contributed by atoms with Crippen molar-refractivity contribution in [2.45, 2.75) is 13.0 Å². The smallest absolute Gasteiger partial charge is 0.279 e. The molecule has 0 spiro atoms. The van der Waals surface area contributed by atoms with E-state index in [0.717, 1.165) is 0 Å². The van der Waals surface area contributed by atoms with Crippen LogP contribution in [0.2, 0.25) is 0 Å². The van der Waals surface area contributed by atoms with E-state index in [2.05, 4.69) is 54.0 Å². The lowest BCUT2D eigenvalue weighted by atomic mass is 9.98. The van der Waals surface area contributed by atoms with E-state index >= 15 is 0 Å². The zero-order valence-electron chi connectivity index (χ0n) is 15.7. The zero-order chi connectivity index (χ0) is 19.1. The summed E-state index contributed by atoms with van der Waals surface area (Å²) in [6.45, 7) is 2.39. The van der Waals surface area contributed by atoms with Crippen LogP contribution in [-0.2, 0) is 4.79 Å². The monoisotopic (exact) mass is 361 g/mol. The molecule has 3 aromatic carbocycles. The van der Waals surface area contributed by atoms with Crippen molar-refractivity contribution in [2.24, 2.45) is 0 Å². The molecule has 3 N–H and O–H groups in total. The van der Waals surface area contributed by atoms with Crippen LogP contribution in [0, 0.1) is 6.92 Å². The number of amides is 1. The number of para-hydroxylation sites is 2. The molecule has 138 valence electrons. The summed E-state index contributed by atoms with van der Waals surface area (Å²) in [7, 11) is 1.60. The number of hydrogen-bond donors (Lipinski definition) is 2. The van der Waals surface area contributed by atoms with Gasteiger partial charge in [-0.15, -0.1) is 0 Å². The van der Waals surface area contributed by atoms with Gasteiger partial charge in [0, 0.05) is 11.1 Å². The molecule has 4 nitrogen and oxygen atoms in total. The fraction of sp³-hybridized carbons (Fsp3) is 0.174. The summed E-state index contributed by atoms with van der Waals surface area (Å²) in [6.07, 6.45) is 0. The minimum absolute atomic E-state index is 0.0625. The first-order valence-electron chi connectivity index (χ1n) is 9.05. The lowest BCUT2D eigenvalue weighted by Crippen LogP contribution is -2.87. The van der Waals surface area contributed by atoms with Crippen molar-refractivity contribution in [2.75, 3.05) is 19.0 Å². The van der Waals surface area contributed by atoms with E-state index in [1.165, 1.54) is 16.7 Å². The first-order chi connectivity index (χ1) is 13.2. The standard InChI is InChI=1S/C23H24N2O2/c1-17-12-14-19(15-13-17)23(18-8-4-3-5-9-18)24-16-22(26)25-20-10-6-7-11-21(20)27-2/h3-15,23-24H,16H2,1-2H3,(H,25,26)/p+1/t23-/m0/s1. The third-order valence-electron chi connectivity index (χ3n) is 4.52. The van der Waals surface area contributed by atoms with Crippen LogP contribution in [0.25, 0.3) is 0 Å². The number of aryl methyl sites for hydroxylation is 1. The molecular weight excluding hydrogens is 336 g/mol. The predicted octanol–water partition coefficient (Wildman–Crippen LogP) is 3.30. The first-order valence-corrected chi connectivity index (χ1v) is 9.05. The van der Waals surface area contributed by atoms with Crippen LogP contribution in [0.3, 0.4) is 0 Å². The maximum atomic E-state index is 12.5. The number of anilines is 1. The normalized spacial score (nSPS) is 11.6. The number of carbonyl (C=O) groups is 1. The van der Waals surface area contributed by atoms with Crippen LogP contribution in [0.5, 0.6) is 5.75 Å². The summed E-state index contributed by atoms with van der Waals surface area (Å²) in [6, 6.07) is 26.2. The molecule has 0 bridgehead atoms. The quantitative estimate of drug-likeness (QED) is 0.678. The average molecular weight is 361 g/mol.